The van der Waals surface area contributed by atoms with Crippen molar-refractivity contribution in [3.63, 3.8) is 0 Å². The molecule has 0 fully saturated rings. The summed E-state index contributed by atoms with van der Waals surface area (Å²) in [6.45, 7) is 0. The average Bonchev–Trinajstić information content (AvgIpc) is 1.60. The minimum atomic E-state index is 0.101. The molecule has 0 saturated carbocycles. The molecule has 32 rings (SSSR count). The molecular formula is C143H93N3O. The quantitative estimate of drug-likeness (QED) is 0.127. The van der Waals surface area contributed by atoms with Crippen LogP contribution in [0.25, 0.3) is 216 Å². The highest BCUT2D eigenvalue weighted by atomic mass is 16.3. The summed E-state index contributed by atoms with van der Waals surface area (Å²) < 4.78 is 13.8. The van der Waals surface area contributed by atoms with Crippen LogP contribution in [0.1, 0.15) is 90.1 Å². The number of rotatable bonds is 11. The van der Waals surface area contributed by atoms with E-state index in [9.17, 15) is 0 Å². The van der Waals surface area contributed by atoms with Crippen LogP contribution >= 0.6 is 0 Å². The Balaban J connectivity index is 0.000000102. The van der Waals surface area contributed by atoms with Crippen LogP contribution in [0.3, 0.4) is 0 Å². The molecule has 0 N–H and O–H groups in total. The molecule has 0 aliphatic heterocycles. The van der Waals surface area contributed by atoms with Gasteiger partial charge in [0.05, 0.1) is 38.8 Å². The summed E-state index contributed by atoms with van der Waals surface area (Å²) >= 11 is 0. The van der Waals surface area contributed by atoms with Gasteiger partial charge < -0.3 is 18.1 Å². The molecule has 4 aromatic heterocycles. The van der Waals surface area contributed by atoms with Crippen LogP contribution in [0.15, 0.2) is 526 Å². The molecule has 5 aliphatic rings. The Bertz CT molecular complexity index is 10100. The highest BCUT2D eigenvalue weighted by Crippen LogP contribution is 2.57. The van der Waals surface area contributed by atoms with Crippen molar-refractivity contribution in [2.45, 2.75) is 30.6 Å². The van der Waals surface area contributed by atoms with Gasteiger partial charge in [-0.1, -0.05) is 425 Å². The van der Waals surface area contributed by atoms with E-state index in [1.165, 1.54) is 261 Å². The smallest absolute Gasteiger partial charge is 0.143 e. The molecule has 5 aliphatic carbocycles. The topological polar surface area (TPSA) is 27.9 Å². The largest absolute Gasteiger partial charge is 0.455 e. The molecule has 4 heterocycles. The molecule has 3 unspecified atom stereocenters. The van der Waals surface area contributed by atoms with Gasteiger partial charge in [-0.15, -0.1) is 0 Å². The molecule has 27 aromatic rings. The fourth-order valence-electron chi connectivity index (χ4n) is 25.9. The lowest BCUT2D eigenvalue weighted by atomic mass is 9.83. The molecule has 3 atom stereocenters. The Morgan fingerprint density at radius 2 is 0.531 bits per heavy atom. The summed E-state index contributed by atoms with van der Waals surface area (Å²) in [5.41, 5.74) is 56.5. The van der Waals surface area contributed by atoms with Gasteiger partial charge >= 0.3 is 0 Å². The molecule has 4 heteroatoms. The van der Waals surface area contributed by atoms with E-state index < -0.39 is 0 Å². The number of hydrogen-bond donors (Lipinski definition) is 0. The fourth-order valence-corrected chi connectivity index (χ4v) is 25.9. The molecule has 0 radical (unpaired) electrons. The minimum Gasteiger partial charge on any atom is -0.455 e. The predicted octanol–water partition coefficient (Wildman–Crippen LogP) is 37.2. The highest BCUT2D eigenvalue weighted by molar-refractivity contribution is 6.15. The van der Waals surface area contributed by atoms with Gasteiger partial charge in [0.2, 0.25) is 0 Å². The summed E-state index contributed by atoms with van der Waals surface area (Å²) in [7, 11) is 0. The third-order valence-electron chi connectivity index (χ3n) is 32.3. The molecule has 4 nitrogen and oxygen atoms in total. The Morgan fingerprint density at radius 3 is 1.14 bits per heavy atom. The van der Waals surface area contributed by atoms with Gasteiger partial charge in [-0.3, -0.25) is 0 Å². The van der Waals surface area contributed by atoms with E-state index in [4.69, 9.17) is 4.42 Å². The number of nitrogens with zero attached hydrogens (tertiary/aromatic N) is 3. The first-order chi connectivity index (χ1) is 72.9. The van der Waals surface area contributed by atoms with Gasteiger partial charge in [-0.05, 0) is 282 Å². The highest BCUT2D eigenvalue weighted by Gasteiger charge is 2.37. The van der Waals surface area contributed by atoms with E-state index >= 15 is 0 Å². The van der Waals surface area contributed by atoms with Crippen LogP contribution in [0.2, 0.25) is 0 Å². The van der Waals surface area contributed by atoms with E-state index in [-0.39, 0.29) is 17.8 Å². The van der Waals surface area contributed by atoms with Crippen molar-refractivity contribution in [1.82, 2.24) is 13.7 Å². The van der Waals surface area contributed by atoms with Gasteiger partial charge in [0.1, 0.15) is 11.2 Å². The van der Waals surface area contributed by atoms with E-state index in [0.717, 1.165) is 40.3 Å². The van der Waals surface area contributed by atoms with Crippen molar-refractivity contribution in [2.24, 2.45) is 0 Å². The Labute approximate surface area is 852 Å². The maximum Gasteiger partial charge on any atom is 0.143 e. The number of furan rings is 1. The molecule has 147 heavy (non-hydrogen) atoms. The third-order valence-corrected chi connectivity index (χ3v) is 32.3. The van der Waals surface area contributed by atoms with Crippen LogP contribution < -0.4 is 0 Å². The molecular weight excluding hydrogens is 1780 g/mol. The first-order valence-electron chi connectivity index (χ1n) is 51.4. The maximum absolute atomic E-state index is 6.54. The lowest BCUT2D eigenvalue weighted by molar-refractivity contribution is 0.670. The Hall–Kier alpha value is -18.7. The lowest BCUT2D eigenvalue weighted by Gasteiger charge is -2.19. The van der Waals surface area contributed by atoms with Gasteiger partial charge in [-0.2, -0.15) is 0 Å². The van der Waals surface area contributed by atoms with Crippen LogP contribution in [0, 0.1) is 0 Å². The molecule has 23 aromatic carbocycles. The van der Waals surface area contributed by atoms with Crippen LogP contribution in [0.5, 0.6) is 0 Å². The summed E-state index contributed by atoms with van der Waals surface area (Å²) in [6, 6.07) is 192. The van der Waals surface area contributed by atoms with Crippen LogP contribution in [-0.4, -0.2) is 13.7 Å². The number of hydrogen-bond acceptors (Lipinski definition) is 1. The van der Waals surface area contributed by atoms with Gasteiger partial charge in [0.25, 0.3) is 0 Å². The molecule has 0 spiro atoms. The molecule has 0 saturated heterocycles. The summed E-state index contributed by atoms with van der Waals surface area (Å²) in [5.74, 6) is 0.505. The zero-order valence-corrected chi connectivity index (χ0v) is 80.5. The first kappa shape index (κ1) is 84.0. The van der Waals surface area contributed by atoms with Gasteiger partial charge in [-0.25, -0.2) is 0 Å². The van der Waals surface area contributed by atoms with E-state index in [0.29, 0.717) is 0 Å². The summed E-state index contributed by atoms with van der Waals surface area (Å²) in [5, 5.41) is 9.96. The van der Waals surface area contributed by atoms with E-state index in [1.807, 2.05) is 6.07 Å². The predicted molar refractivity (Wildman–Crippen MR) is 612 cm³/mol. The fraction of sp³-hybridized carbons (Fsp3) is 0.0350. The van der Waals surface area contributed by atoms with Crippen molar-refractivity contribution < 1.29 is 4.42 Å². The standard InChI is InChI=1S/C50H33N.C49H31NO.C44H29N/c1-2-13-37(14-3-1)51-48-21-11-10-18-42(48)43-26-22-33(31-49(43)51)32-23-27-46-47(30-32)41-17-7-9-20-45(41)50(46)44-19-8-6-16-39(44)35-24-25-40-36(29-35)28-34-12-4-5-15-38(34)40;1-2-13-33(14-3-1)50-45-23-10-8-17-36(45)37-27-25-32(30-46(37)50)31-26-28-41-44(29-31)35-16-5-7-20-40(35)48(41)39-19-6-4-15-34(39)42-21-12-22-43-38-18-9-11-24-47(38)51-49(42)43;1-2-11-28(12-3-1)43-37-18-7-6-16-34(37)35-23-21-29(27-39(35)43)30-22-24-41-38(26-30)36-17-8-9-19-40(36)45(41)42-20-10-14-32-25-31-13-4-5-15-33(31)44(32)42/h1-27,29-31,50H,28H2;1-30,48H;1-24,26-27,43H,25H2. The monoisotopic (exact) mass is 1870 g/mol. The first-order valence-corrected chi connectivity index (χ1v) is 51.4. The second kappa shape index (κ2) is 34.0. The normalized spacial score (nSPS) is 14.0. The van der Waals surface area contributed by atoms with Gasteiger partial charge in [0.15, 0.2) is 0 Å². The summed E-state index contributed by atoms with van der Waals surface area (Å²) in [6.07, 6.45) is 1.99. The van der Waals surface area contributed by atoms with Crippen molar-refractivity contribution in [2.75, 3.05) is 0 Å². The van der Waals surface area contributed by atoms with Crippen molar-refractivity contribution >= 4 is 87.4 Å². The van der Waals surface area contributed by atoms with Crippen molar-refractivity contribution in [3.05, 3.63) is 594 Å². The number of fused-ring (bicyclic) bond motifs is 27. The van der Waals surface area contributed by atoms with Gasteiger partial charge in [0, 0.05) is 83.3 Å². The minimum absolute atomic E-state index is 0.101. The number of para-hydroxylation sites is 7. The zero-order valence-electron chi connectivity index (χ0n) is 80.5. The van der Waals surface area contributed by atoms with Crippen LogP contribution in [-0.2, 0) is 12.8 Å². The Kier molecular flexibility index (Phi) is 19.4. The summed E-state index contributed by atoms with van der Waals surface area (Å²) in [4.78, 5) is 0. The van der Waals surface area contributed by atoms with Crippen molar-refractivity contribution in [1.29, 1.82) is 0 Å². The number of aromatic nitrogens is 3. The maximum atomic E-state index is 6.54. The van der Waals surface area contributed by atoms with Crippen LogP contribution in [0.4, 0.5) is 0 Å². The molecule has 0 amide bonds. The second-order valence-electron chi connectivity index (χ2n) is 40.1. The average molecular weight is 1870 g/mol. The second-order valence-corrected chi connectivity index (χ2v) is 40.1. The zero-order chi connectivity index (χ0) is 96.4. The lowest BCUT2D eigenvalue weighted by Crippen LogP contribution is -2.02. The molecule has 686 valence electrons. The third kappa shape index (κ3) is 13.5. The number of benzene rings is 23. The molecule has 0 bridgehead atoms. The Morgan fingerprint density at radius 1 is 0.170 bits per heavy atom. The van der Waals surface area contributed by atoms with Crippen molar-refractivity contribution in [3.8, 4) is 128 Å². The van der Waals surface area contributed by atoms with E-state index in [1.54, 1.807) is 0 Å². The SMILES string of the molecule is c1ccc(-n2c3ccccc3c3ccc(-c4ccc5c(c4)-c4ccccc4C5c4ccccc4-c4ccc5c(c4)Cc4ccccc4-5)cc32)cc1.c1ccc(-n2c3ccccc3c3ccc(-c4ccc5c(c4)-c4ccccc4C5c4ccccc4-c4cccc5c4oc4ccccc45)cc32)cc1.c1ccc(C2c3ccccc3-c3ccc(-c4ccc5c(c4)c4ccccc4n5-c4cccc5c4-c4ccccc4C5)cc32)cc1. The van der Waals surface area contributed by atoms with E-state index in [2.05, 4.69) is 529 Å².